The van der Waals surface area contributed by atoms with Crippen LogP contribution in [0.15, 0.2) is 4.99 Å². The first-order valence-corrected chi connectivity index (χ1v) is 11.2. The van der Waals surface area contributed by atoms with E-state index in [9.17, 15) is 8.42 Å². The number of aliphatic imine (C=N–C) groups is 1. The molecule has 0 aromatic carbocycles. The van der Waals surface area contributed by atoms with Crippen LogP contribution in [-0.4, -0.2) is 73.0 Å². The quantitative estimate of drug-likeness (QED) is 0.182. The number of rotatable bonds is 12. The summed E-state index contributed by atoms with van der Waals surface area (Å²) in [5, 5.41) is 6.63. The topological polar surface area (TPSA) is 89.0 Å². The van der Waals surface area contributed by atoms with Crippen molar-refractivity contribution in [1.82, 2.24) is 10.6 Å². The Morgan fingerprint density at radius 2 is 1.81 bits per heavy atom. The summed E-state index contributed by atoms with van der Waals surface area (Å²) in [4.78, 5) is 4.25. The van der Waals surface area contributed by atoms with Gasteiger partial charge in [-0.05, 0) is 31.6 Å². The number of nitrogens with zero attached hydrogens (tertiary/aromatic N) is 1. The highest BCUT2D eigenvalue weighted by molar-refractivity contribution is 14.0. The van der Waals surface area contributed by atoms with Crippen molar-refractivity contribution in [1.29, 1.82) is 0 Å². The Kier molecular flexibility index (Phi) is 13.9. The number of ether oxygens (including phenoxy) is 2. The van der Waals surface area contributed by atoms with Crippen molar-refractivity contribution in [2.45, 2.75) is 39.0 Å². The van der Waals surface area contributed by atoms with Crippen LogP contribution in [0.4, 0.5) is 0 Å². The summed E-state index contributed by atoms with van der Waals surface area (Å²) >= 11 is 0. The number of sulfone groups is 1. The van der Waals surface area contributed by atoms with E-state index in [1.54, 1.807) is 7.05 Å². The molecule has 0 bridgehead atoms. The number of halogens is 1. The molecule has 0 aliphatic heterocycles. The highest BCUT2D eigenvalue weighted by atomic mass is 127. The Morgan fingerprint density at radius 1 is 1.12 bits per heavy atom. The van der Waals surface area contributed by atoms with Crippen LogP contribution < -0.4 is 10.6 Å². The van der Waals surface area contributed by atoms with Crippen molar-refractivity contribution < 1.29 is 17.9 Å². The lowest BCUT2D eigenvalue weighted by Gasteiger charge is -2.30. The van der Waals surface area contributed by atoms with E-state index in [0.717, 1.165) is 32.1 Å². The molecule has 1 aliphatic rings. The maximum atomic E-state index is 11.0. The summed E-state index contributed by atoms with van der Waals surface area (Å²) < 4.78 is 32.9. The maximum absolute atomic E-state index is 11.0. The van der Waals surface area contributed by atoms with Crippen LogP contribution >= 0.6 is 24.0 Å². The number of hydrogen-bond donors (Lipinski definition) is 2. The highest BCUT2D eigenvalue weighted by Gasteiger charge is 2.33. The Bertz CT molecular complexity index is 494. The molecule has 0 heterocycles. The van der Waals surface area contributed by atoms with E-state index >= 15 is 0 Å². The molecule has 0 spiro atoms. The molecular formula is C17H36IN3O4S. The van der Waals surface area contributed by atoms with Crippen molar-refractivity contribution in [3.8, 4) is 0 Å². The molecule has 1 aliphatic carbocycles. The van der Waals surface area contributed by atoms with Gasteiger partial charge >= 0.3 is 0 Å². The number of hydrogen-bond acceptors (Lipinski definition) is 5. The first-order chi connectivity index (χ1) is 11.9. The van der Waals surface area contributed by atoms with Gasteiger partial charge in [-0.25, -0.2) is 8.42 Å². The van der Waals surface area contributed by atoms with Crippen LogP contribution in [0.1, 0.15) is 39.0 Å². The van der Waals surface area contributed by atoms with Crippen LogP contribution in [0.2, 0.25) is 0 Å². The van der Waals surface area contributed by atoms with E-state index < -0.39 is 9.84 Å². The SMILES string of the molecule is CCOCCC1(CNC(=NC)NCCOCCS(C)(=O)=O)CCCC1.I. The fourth-order valence-corrected chi connectivity index (χ4v) is 3.54. The fraction of sp³-hybridized carbons (Fsp3) is 0.941. The molecule has 1 saturated carbocycles. The molecular weight excluding hydrogens is 469 g/mol. The summed E-state index contributed by atoms with van der Waals surface area (Å²) in [6.07, 6.45) is 7.34. The minimum Gasteiger partial charge on any atom is -0.382 e. The van der Waals surface area contributed by atoms with Crippen molar-refractivity contribution in [2.24, 2.45) is 10.4 Å². The zero-order chi connectivity index (χ0) is 18.6. The molecule has 0 amide bonds. The molecule has 0 aromatic heterocycles. The van der Waals surface area contributed by atoms with Gasteiger partial charge in [-0.15, -0.1) is 24.0 Å². The third kappa shape index (κ3) is 11.6. The number of guanidine groups is 1. The molecule has 7 nitrogen and oxygen atoms in total. The normalized spacial score (nSPS) is 17.0. The smallest absolute Gasteiger partial charge is 0.191 e. The average Bonchev–Trinajstić information content (AvgIpc) is 3.02. The second-order valence-corrected chi connectivity index (χ2v) is 9.01. The summed E-state index contributed by atoms with van der Waals surface area (Å²) in [5.41, 5.74) is 0.304. The van der Waals surface area contributed by atoms with E-state index in [1.807, 2.05) is 6.92 Å². The molecule has 0 radical (unpaired) electrons. The van der Waals surface area contributed by atoms with Crippen molar-refractivity contribution in [3.05, 3.63) is 0 Å². The van der Waals surface area contributed by atoms with Crippen LogP contribution in [0.5, 0.6) is 0 Å². The van der Waals surface area contributed by atoms with Crippen LogP contribution in [0.25, 0.3) is 0 Å². The van der Waals surface area contributed by atoms with Gasteiger partial charge in [0.2, 0.25) is 0 Å². The summed E-state index contributed by atoms with van der Waals surface area (Å²) in [6, 6.07) is 0. The predicted octanol–water partition coefficient (Wildman–Crippen LogP) is 1.82. The molecule has 0 saturated heterocycles. The van der Waals surface area contributed by atoms with Crippen molar-refractivity contribution in [3.63, 3.8) is 0 Å². The van der Waals surface area contributed by atoms with E-state index in [1.165, 1.54) is 31.9 Å². The van der Waals surface area contributed by atoms with Gasteiger partial charge < -0.3 is 20.1 Å². The van der Waals surface area contributed by atoms with E-state index in [-0.39, 0.29) is 36.3 Å². The van der Waals surface area contributed by atoms with Crippen LogP contribution in [-0.2, 0) is 19.3 Å². The summed E-state index contributed by atoms with van der Waals surface area (Å²) in [5.74, 6) is 0.817. The molecule has 1 rings (SSSR count). The molecule has 9 heteroatoms. The van der Waals surface area contributed by atoms with Gasteiger partial charge in [-0.3, -0.25) is 4.99 Å². The lowest BCUT2D eigenvalue weighted by atomic mass is 9.83. The molecule has 26 heavy (non-hydrogen) atoms. The summed E-state index contributed by atoms with van der Waals surface area (Å²) in [7, 11) is -1.21. The van der Waals surface area contributed by atoms with E-state index in [4.69, 9.17) is 9.47 Å². The maximum Gasteiger partial charge on any atom is 0.191 e. The second kappa shape index (κ2) is 14.0. The lowest BCUT2D eigenvalue weighted by molar-refractivity contribution is 0.105. The highest BCUT2D eigenvalue weighted by Crippen LogP contribution is 2.40. The largest absolute Gasteiger partial charge is 0.382 e. The van der Waals surface area contributed by atoms with Crippen LogP contribution in [0, 0.1) is 5.41 Å². The van der Waals surface area contributed by atoms with Gasteiger partial charge in [-0.2, -0.15) is 0 Å². The van der Waals surface area contributed by atoms with Gasteiger partial charge in [-0.1, -0.05) is 12.8 Å². The standard InChI is InChI=1S/C17H35N3O4S.HI/c1-4-23-11-9-17(7-5-6-8-17)15-20-16(18-2)19-10-12-24-13-14-25(3,21)22;/h4-15H2,1-3H3,(H2,18,19,20);1H. The first-order valence-electron chi connectivity index (χ1n) is 9.18. The van der Waals surface area contributed by atoms with E-state index in [2.05, 4.69) is 15.6 Å². The Balaban J connectivity index is 0.00000625. The third-order valence-corrected chi connectivity index (χ3v) is 5.55. The monoisotopic (exact) mass is 505 g/mol. The molecule has 156 valence electrons. The zero-order valence-electron chi connectivity index (χ0n) is 16.4. The third-order valence-electron chi connectivity index (χ3n) is 4.64. The lowest BCUT2D eigenvalue weighted by Crippen LogP contribution is -2.44. The van der Waals surface area contributed by atoms with Gasteiger partial charge in [0.05, 0.1) is 19.0 Å². The zero-order valence-corrected chi connectivity index (χ0v) is 19.5. The Morgan fingerprint density at radius 3 is 2.38 bits per heavy atom. The fourth-order valence-electron chi connectivity index (χ4n) is 3.12. The molecule has 0 aromatic rings. The predicted molar refractivity (Wildman–Crippen MR) is 117 cm³/mol. The van der Waals surface area contributed by atoms with Crippen molar-refractivity contribution in [2.75, 3.05) is 58.6 Å². The minimum atomic E-state index is -2.96. The van der Waals surface area contributed by atoms with Crippen LogP contribution in [0.3, 0.4) is 0 Å². The van der Waals surface area contributed by atoms with Gasteiger partial charge in [0.1, 0.15) is 9.84 Å². The number of nitrogens with one attached hydrogen (secondary N) is 2. The van der Waals surface area contributed by atoms with E-state index in [0.29, 0.717) is 18.6 Å². The molecule has 0 unspecified atom stereocenters. The van der Waals surface area contributed by atoms with Gasteiger partial charge in [0.25, 0.3) is 0 Å². The first kappa shape index (κ1) is 25.9. The molecule has 0 atom stereocenters. The second-order valence-electron chi connectivity index (χ2n) is 6.75. The average molecular weight is 505 g/mol. The Labute approximate surface area is 176 Å². The van der Waals surface area contributed by atoms with Crippen molar-refractivity contribution >= 4 is 39.8 Å². The molecule has 2 N–H and O–H groups in total. The Hall–Kier alpha value is -0.130. The summed E-state index contributed by atoms with van der Waals surface area (Å²) in [6.45, 7) is 5.79. The minimum absolute atomic E-state index is 0. The molecule has 1 fully saturated rings. The van der Waals surface area contributed by atoms with Gasteiger partial charge in [0.15, 0.2) is 5.96 Å². The van der Waals surface area contributed by atoms with Gasteiger partial charge in [0, 0.05) is 39.6 Å².